The summed E-state index contributed by atoms with van der Waals surface area (Å²) in [5, 5.41) is -2.31. The number of fused-ring (bicyclic) bond motifs is 1. The van der Waals surface area contributed by atoms with Crippen molar-refractivity contribution in [3.05, 3.63) is 76.8 Å². The fourth-order valence-corrected chi connectivity index (χ4v) is 7.96. The molecular weight excluding hydrogens is 497 g/mol. The molecule has 0 heterocycles. The van der Waals surface area contributed by atoms with Crippen LogP contribution >= 0.6 is 19.2 Å². The first kappa shape index (κ1) is 26.8. The number of hydrogen-bond donors (Lipinski definition) is 1. The van der Waals surface area contributed by atoms with Gasteiger partial charge >= 0.3 is 7.60 Å². The Labute approximate surface area is 206 Å². The Morgan fingerprint density at radius 3 is 2.09 bits per heavy atom. The minimum absolute atomic E-state index is 0.0399. The Morgan fingerprint density at radius 1 is 0.941 bits per heavy atom. The second kappa shape index (κ2) is 11.3. The zero-order valence-corrected chi connectivity index (χ0v) is 21.7. The van der Waals surface area contributed by atoms with Crippen LogP contribution in [0.4, 0.5) is 0 Å². The largest absolute Gasteiger partial charge is 0.360 e. The monoisotopic (exact) mass is 525 g/mol. The molecule has 0 fully saturated rings. The van der Waals surface area contributed by atoms with Crippen LogP contribution < -0.4 is 4.72 Å². The van der Waals surface area contributed by atoms with Crippen molar-refractivity contribution < 1.29 is 26.8 Å². The first-order valence-electron chi connectivity index (χ1n) is 11.2. The van der Waals surface area contributed by atoms with Crippen LogP contribution in [0.2, 0.25) is 0 Å². The van der Waals surface area contributed by atoms with Crippen molar-refractivity contribution in [2.24, 2.45) is 0 Å². The van der Waals surface area contributed by atoms with E-state index >= 15 is 0 Å². The summed E-state index contributed by atoms with van der Waals surface area (Å²) >= 11 is 6.33. The molecule has 0 saturated carbocycles. The fraction of sp³-hybridized carbons (Fsp3) is 0.375. The first-order valence-corrected chi connectivity index (χ1v) is 14.6. The lowest BCUT2D eigenvalue weighted by Crippen LogP contribution is -2.47. The van der Waals surface area contributed by atoms with Crippen LogP contribution in [-0.2, 0) is 28.9 Å². The molecule has 0 aromatic heterocycles. The maximum absolute atomic E-state index is 14.6. The normalized spacial score (nSPS) is 18.4. The van der Waals surface area contributed by atoms with Gasteiger partial charge in [0.25, 0.3) is 0 Å². The SMILES string of the molecule is CCCCOP(=O)(OCCCC)C1(NS(=O)(=O)c2ccccc2)C=C(Cl)C(=O)c2ccccc21. The van der Waals surface area contributed by atoms with Crippen LogP contribution in [0.3, 0.4) is 0 Å². The molecular formula is C24H29ClNO6PS. The Balaban J connectivity index is 2.26. The number of carbonyl (C=O) groups excluding carboxylic acids is 1. The van der Waals surface area contributed by atoms with Crippen LogP contribution in [0.15, 0.2) is 70.6 Å². The van der Waals surface area contributed by atoms with Crippen molar-refractivity contribution in [2.75, 3.05) is 13.2 Å². The topological polar surface area (TPSA) is 98.8 Å². The van der Waals surface area contributed by atoms with E-state index in [1.807, 2.05) is 13.8 Å². The van der Waals surface area contributed by atoms with Gasteiger partial charge < -0.3 is 9.05 Å². The lowest BCUT2D eigenvalue weighted by molar-refractivity contribution is 0.103. The minimum Gasteiger partial charge on any atom is -0.307 e. The lowest BCUT2D eigenvalue weighted by Gasteiger charge is -2.40. The number of Topliss-reactive ketones (excluding diaryl/α,β-unsaturated/α-hetero) is 1. The van der Waals surface area contributed by atoms with E-state index in [0.717, 1.165) is 12.8 Å². The van der Waals surface area contributed by atoms with Gasteiger partial charge in [0.05, 0.1) is 23.1 Å². The Kier molecular flexibility index (Phi) is 8.90. The van der Waals surface area contributed by atoms with Crippen LogP contribution in [0, 0.1) is 0 Å². The van der Waals surface area contributed by atoms with Crippen LogP contribution in [-0.4, -0.2) is 27.4 Å². The summed E-state index contributed by atoms with van der Waals surface area (Å²) in [6.07, 6.45) is 3.87. The number of carbonyl (C=O) groups is 1. The fourth-order valence-electron chi connectivity index (χ4n) is 3.60. The number of ketones is 1. The molecule has 1 aliphatic rings. The number of sulfonamides is 1. The maximum Gasteiger partial charge on any atom is 0.360 e. The summed E-state index contributed by atoms with van der Waals surface area (Å²) in [6, 6.07) is 14.0. The summed E-state index contributed by atoms with van der Waals surface area (Å²) in [7, 11) is -8.54. The molecule has 3 rings (SSSR count). The molecule has 7 nitrogen and oxygen atoms in total. The molecule has 1 N–H and O–H groups in total. The van der Waals surface area contributed by atoms with Crippen LogP contribution in [0.25, 0.3) is 0 Å². The van der Waals surface area contributed by atoms with Gasteiger partial charge in [-0.15, -0.1) is 0 Å². The van der Waals surface area contributed by atoms with Gasteiger partial charge in [-0.1, -0.05) is 80.8 Å². The molecule has 1 aliphatic carbocycles. The van der Waals surface area contributed by atoms with Gasteiger partial charge in [-0.05, 0) is 31.1 Å². The maximum atomic E-state index is 14.6. The molecule has 184 valence electrons. The highest BCUT2D eigenvalue weighted by molar-refractivity contribution is 7.90. The van der Waals surface area contributed by atoms with Crippen molar-refractivity contribution >= 4 is 35.0 Å². The molecule has 2 aromatic carbocycles. The molecule has 10 heteroatoms. The Hall–Kier alpha value is -1.80. The summed E-state index contributed by atoms with van der Waals surface area (Å²) in [6.45, 7) is 4.06. The predicted molar refractivity (Wildman–Crippen MR) is 132 cm³/mol. The molecule has 34 heavy (non-hydrogen) atoms. The molecule has 0 spiro atoms. The average molecular weight is 526 g/mol. The summed E-state index contributed by atoms with van der Waals surface area (Å²) in [5.41, 5.74) is 0.296. The van der Waals surface area contributed by atoms with Crippen LogP contribution in [0.5, 0.6) is 0 Å². The van der Waals surface area contributed by atoms with E-state index in [-0.39, 0.29) is 34.3 Å². The molecule has 0 bridgehead atoms. The van der Waals surface area contributed by atoms with Gasteiger partial charge in [-0.25, -0.2) is 8.42 Å². The zero-order chi connectivity index (χ0) is 24.8. The number of halogens is 1. The number of rotatable bonds is 12. The zero-order valence-electron chi connectivity index (χ0n) is 19.2. The van der Waals surface area contributed by atoms with Crippen molar-refractivity contribution in [2.45, 2.75) is 49.7 Å². The molecule has 2 aromatic rings. The Morgan fingerprint density at radius 2 is 1.50 bits per heavy atom. The third kappa shape index (κ3) is 5.38. The number of hydrogen-bond acceptors (Lipinski definition) is 6. The van der Waals surface area contributed by atoms with Crippen molar-refractivity contribution in [1.82, 2.24) is 4.72 Å². The van der Waals surface area contributed by atoms with E-state index < -0.39 is 28.7 Å². The van der Waals surface area contributed by atoms with Gasteiger partial charge in [0.2, 0.25) is 15.8 Å². The first-order chi connectivity index (χ1) is 16.2. The molecule has 0 radical (unpaired) electrons. The summed E-state index contributed by atoms with van der Waals surface area (Å²) < 4.78 is 55.9. The number of benzene rings is 2. The molecule has 0 aliphatic heterocycles. The highest BCUT2D eigenvalue weighted by Gasteiger charge is 2.57. The van der Waals surface area contributed by atoms with Gasteiger partial charge in [-0.3, -0.25) is 9.36 Å². The average Bonchev–Trinajstić information content (AvgIpc) is 2.83. The van der Waals surface area contributed by atoms with Gasteiger partial charge in [0, 0.05) is 11.1 Å². The van der Waals surface area contributed by atoms with E-state index in [1.165, 1.54) is 24.3 Å². The second-order valence-electron chi connectivity index (χ2n) is 7.92. The van der Waals surface area contributed by atoms with Gasteiger partial charge in [0.1, 0.15) is 0 Å². The quantitative estimate of drug-likeness (QED) is 0.271. The van der Waals surface area contributed by atoms with E-state index in [4.69, 9.17) is 20.6 Å². The molecule has 0 saturated heterocycles. The van der Waals surface area contributed by atoms with Crippen molar-refractivity contribution in [3.8, 4) is 0 Å². The van der Waals surface area contributed by atoms with Gasteiger partial charge in [-0.2, -0.15) is 4.72 Å². The Bertz CT molecular complexity index is 1190. The van der Waals surface area contributed by atoms with Crippen molar-refractivity contribution in [1.29, 1.82) is 0 Å². The van der Waals surface area contributed by atoms with E-state index in [9.17, 15) is 17.8 Å². The molecule has 0 amide bonds. The smallest absolute Gasteiger partial charge is 0.307 e. The van der Waals surface area contributed by atoms with Gasteiger partial charge in [0.15, 0.2) is 5.28 Å². The standard InChI is InChI=1S/C24H29ClNO6PS/c1-3-5-16-31-33(28,32-17-6-4-2)24(26-34(29,30)19-12-8-7-9-13-19)18-22(25)23(27)20-14-10-11-15-21(20)24/h7-15,18,26H,3-6,16-17H2,1-2H3. The second-order valence-corrected chi connectivity index (χ2v) is 12.2. The highest BCUT2D eigenvalue weighted by Crippen LogP contribution is 2.66. The summed E-state index contributed by atoms with van der Waals surface area (Å²) in [5.74, 6) is -0.500. The van der Waals surface area contributed by atoms with E-state index in [0.29, 0.717) is 12.8 Å². The predicted octanol–water partition coefficient (Wildman–Crippen LogP) is 5.96. The van der Waals surface area contributed by atoms with E-state index in [2.05, 4.69) is 4.72 Å². The van der Waals surface area contributed by atoms with Crippen molar-refractivity contribution in [3.63, 3.8) is 0 Å². The number of allylic oxidation sites excluding steroid dienone is 1. The number of unbranched alkanes of at least 4 members (excludes halogenated alkanes) is 2. The third-order valence-corrected chi connectivity index (χ3v) is 9.73. The highest BCUT2D eigenvalue weighted by atomic mass is 35.5. The summed E-state index contributed by atoms with van der Waals surface area (Å²) in [4.78, 5) is 12.8. The molecule has 1 unspecified atom stereocenters. The third-order valence-electron chi connectivity index (χ3n) is 5.43. The van der Waals surface area contributed by atoms with Crippen LogP contribution in [0.1, 0.15) is 55.5 Å². The lowest BCUT2D eigenvalue weighted by atomic mass is 9.92. The minimum atomic E-state index is -4.30. The van der Waals surface area contributed by atoms with E-state index in [1.54, 1.807) is 36.4 Å². The number of nitrogens with one attached hydrogen (secondary N) is 1. The molecule has 1 atom stereocenters.